The van der Waals surface area contributed by atoms with Crippen LogP contribution in [-0.4, -0.2) is 61.8 Å². The summed E-state index contributed by atoms with van der Waals surface area (Å²) in [6.45, 7) is 7.88. The van der Waals surface area contributed by atoms with E-state index in [2.05, 4.69) is 4.98 Å². The lowest BCUT2D eigenvalue weighted by Crippen LogP contribution is -2.44. The Labute approximate surface area is 200 Å². The van der Waals surface area contributed by atoms with Gasteiger partial charge in [0.1, 0.15) is 5.15 Å². The SMILES string of the molecule is COc1cc(C(=O)N2CCC3(CC2)CCN(S(=O)(=O)c2c(C)cc(C)cc2C)C3)cc(Cl)n1. The molecule has 33 heavy (non-hydrogen) atoms. The third kappa shape index (κ3) is 4.61. The Kier molecular flexibility index (Phi) is 6.46. The van der Waals surface area contributed by atoms with Crippen molar-refractivity contribution in [2.24, 2.45) is 5.41 Å². The topological polar surface area (TPSA) is 79.8 Å². The molecule has 0 N–H and O–H groups in total. The second-order valence-electron chi connectivity index (χ2n) is 9.33. The lowest BCUT2D eigenvalue weighted by atomic mass is 9.78. The van der Waals surface area contributed by atoms with E-state index in [9.17, 15) is 13.2 Å². The first-order valence-corrected chi connectivity index (χ1v) is 13.0. The maximum Gasteiger partial charge on any atom is 0.254 e. The maximum atomic E-state index is 13.5. The zero-order valence-corrected chi connectivity index (χ0v) is 21.1. The van der Waals surface area contributed by atoms with Crippen molar-refractivity contribution in [2.45, 2.75) is 44.9 Å². The lowest BCUT2D eigenvalue weighted by Gasteiger charge is -2.39. The number of likely N-dealkylation sites (tertiary alicyclic amines) is 1. The fourth-order valence-electron chi connectivity index (χ4n) is 5.28. The Morgan fingerprint density at radius 1 is 1.03 bits per heavy atom. The Morgan fingerprint density at radius 3 is 2.24 bits per heavy atom. The fraction of sp³-hybridized carbons (Fsp3) is 0.500. The number of rotatable bonds is 4. The van der Waals surface area contributed by atoms with Gasteiger partial charge in [-0.25, -0.2) is 13.4 Å². The van der Waals surface area contributed by atoms with E-state index in [1.165, 1.54) is 7.11 Å². The van der Waals surface area contributed by atoms with E-state index < -0.39 is 10.0 Å². The normalized spacial score (nSPS) is 18.6. The van der Waals surface area contributed by atoms with Crippen LogP contribution in [0.1, 0.15) is 46.3 Å². The second-order valence-corrected chi connectivity index (χ2v) is 11.6. The van der Waals surface area contributed by atoms with Gasteiger partial charge in [-0.05, 0) is 62.6 Å². The number of aryl methyl sites for hydroxylation is 3. The second kappa shape index (κ2) is 8.89. The molecule has 2 aromatic rings. The molecule has 3 heterocycles. The molecule has 1 amide bonds. The minimum absolute atomic E-state index is 0.0933. The van der Waals surface area contributed by atoms with Gasteiger partial charge in [-0.2, -0.15) is 4.31 Å². The molecule has 1 spiro atoms. The van der Waals surface area contributed by atoms with E-state index >= 15 is 0 Å². The molecule has 0 aliphatic carbocycles. The number of halogens is 1. The lowest BCUT2D eigenvalue weighted by molar-refractivity contribution is 0.0599. The highest BCUT2D eigenvalue weighted by Gasteiger charge is 2.45. The zero-order valence-electron chi connectivity index (χ0n) is 19.5. The largest absolute Gasteiger partial charge is 0.481 e. The van der Waals surface area contributed by atoms with Crippen LogP contribution < -0.4 is 4.74 Å². The van der Waals surface area contributed by atoms with Crippen molar-refractivity contribution >= 4 is 27.5 Å². The number of benzene rings is 1. The van der Waals surface area contributed by atoms with Crippen molar-refractivity contribution in [1.29, 1.82) is 0 Å². The molecule has 0 atom stereocenters. The number of carbonyl (C=O) groups is 1. The first-order valence-electron chi connectivity index (χ1n) is 11.1. The molecule has 2 fully saturated rings. The standard InChI is InChI=1S/C24H30ClN3O4S/c1-16-11-17(2)22(18(3)12-16)33(30,31)28-10-7-24(15-28)5-8-27(9-6-24)23(29)19-13-20(25)26-21(14-19)32-4/h11-14H,5-10,15H2,1-4H3. The Morgan fingerprint density at radius 2 is 1.64 bits per heavy atom. The number of nitrogens with zero attached hydrogens (tertiary/aromatic N) is 3. The Balaban J connectivity index is 1.46. The van der Waals surface area contributed by atoms with Gasteiger partial charge in [-0.1, -0.05) is 29.3 Å². The molecule has 2 saturated heterocycles. The van der Waals surface area contributed by atoms with Gasteiger partial charge >= 0.3 is 0 Å². The van der Waals surface area contributed by atoms with Crippen molar-refractivity contribution < 1.29 is 17.9 Å². The van der Waals surface area contributed by atoms with Crippen LogP contribution >= 0.6 is 11.6 Å². The van der Waals surface area contributed by atoms with Crippen LogP contribution in [0.5, 0.6) is 5.88 Å². The van der Waals surface area contributed by atoms with Crippen LogP contribution in [0, 0.1) is 26.2 Å². The molecule has 1 aromatic heterocycles. The van der Waals surface area contributed by atoms with Gasteiger partial charge in [-0.3, -0.25) is 4.79 Å². The van der Waals surface area contributed by atoms with Crippen molar-refractivity contribution in [3.63, 3.8) is 0 Å². The summed E-state index contributed by atoms with van der Waals surface area (Å²) in [5.41, 5.74) is 3.00. The monoisotopic (exact) mass is 491 g/mol. The molecule has 178 valence electrons. The number of pyridine rings is 1. The van der Waals surface area contributed by atoms with Crippen LogP contribution in [0.4, 0.5) is 0 Å². The molecule has 2 aliphatic rings. The molecule has 2 aliphatic heterocycles. The maximum absolute atomic E-state index is 13.5. The number of piperidine rings is 1. The average molecular weight is 492 g/mol. The van der Waals surface area contributed by atoms with E-state index in [0.29, 0.717) is 42.5 Å². The number of hydrogen-bond acceptors (Lipinski definition) is 5. The van der Waals surface area contributed by atoms with E-state index in [-0.39, 0.29) is 16.5 Å². The van der Waals surface area contributed by atoms with Crippen molar-refractivity contribution in [3.8, 4) is 5.88 Å². The summed E-state index contributed by atoms with van der Waals surface area (Å²) in [4.78, 5) is 19.3. The van der Waals surface area contributed by atoms with Gasteiger partial charge < -0.3 is 9.64 Å². The van der Waals surface area contributed by atoms with E-state index in [4.69, 9.17) is 16.3 Å². The number of amides is 1. The quantitative estimate of drug-likeness (QED) is 0.604. The number of carbonyl (C=O) groups excluding carboxylic acids is 1. The molecule has 1 aromatic carbocycles. The van der Waals surface area contributed by atoms with Crippen LogP contribution in [0.15, 0.2) is 29.2 Å². The van der Waals surface area contributed by atoms with Gasteiger partial charge in [0.2, 0.25) is 15.9 Å². The fourth-order valence-corrected chi connectivity index (χ4v) is 7.44. The van der Waals surface area contributed by atoms with Gasteiger partial charge in [0, 0.05) is 37.8 Å². The van der Waals surface area contributed by atoms with E-state index in [1.807, 2.05) is 37.8 Å². The summed E-state index contributed by atoms with van der Waals surface area (Å²) in [7, 11) is -2.08. The molecule has 0 bridgehead atoms. The number of aromatic nitrogens is 1. The van der Waals surface area contributed by atoms with Crippen molar-refractivity contribution in [3.05, 3.63) is 51.7 Å². The van der Waals surface area contributed by atoms with E-state index in [0.717, 1.165) is 36.0 Å². The molecule has 0 radical (unpaired) electrons. The smallest absolute Gasteiger partial charge is 0.254 e. The highest BCUT2D eigenvalue weighted by Crippen LogP contribution is 2.43. The molecule has 0 unspecified atom stereocenters. The first kappa shape index (κ1) is 24.0. The molecule has 4 rings (SSSR count). The molecule has 7 nitrogen and oxygen atoms in total. The van der Waals surface area contributed by atoms with Gasteiger partial charge in [-0.15, -0.1) is 0 Å². The van der Waals surface area contributed by atoms with Gasteiger partial charge in [0.15, 0.2) is 0 Å². The predicted molar refractivity (Wildman–Crippen MR) is 127 cm³/mol. The molecule has 0 saturated carbocycles. The summed E-state index contributed by atoms with van der Waals surface area (Å²) in [6, 6.07) is 6.99. The number of methoxy groups -OCH3 is 1. The van der Waals surface area contributed by atoms with Crippen molar-refractivity contribution in [1.82, 2.24) is 14.2 Å². The number of hydrogen-bond donors (Lipinski definition) is 0. The van der Waals surface area contributed by atoms with E-state index in [1.54, 1.807) is 16.4 Å². The van der Waals surface area contributed by atoms with Gasteiger partial charge in [0.05, 0.1) is 12.0 Å². The van der Waals surface area contributed by atoms with Crippen LogP contribution in [0.2, 0.25) is 5.15 Å². The summed E-state index contributed by atoms with van der Waals surface area (Å²) in [6.07, 6.45) is 2.35. The van der Waals surface area contributed by atoms with Crippen molar-refractivity contribution in [2.75, 3.05) is 33.3 Å². The predicted octanol–water partition coefficient (Wildman–Crippen LogP) is 3.99. The highest BCUT2D eigenvalue weighted by atomic mass is 35.5. The summed E-state index contributed by atoms with van der Waals surface area (Å²) >= 11 is 6.03. The summed E-state index contributed by atoms with van der Waals surface area (Å²) in [5.74, 6) is 0.193. The average Bonchev–Trinajstić information content (AvgIpc) is 3.17. The summed E-state index contributed by atoms with van der Waals surface area (Å²) in [5, 5.41) is 0.213. The minimum Gasteiger partial charge on any atom is -0.481 e. The summed E-state index contributed by atoms with van der Waals surface area (Å²) < 4.78 is 33.8. The van der Waals surface area contributed by atoms with Crippen LogP contribution in [-0.2, 0) is 10.0 Å². The highest BCUT2D eigenvalue weighted by molar-refractivity contribution is 7.89. The van der Waals surface area contributed by atoms with Crippen LogP contribution in [0.25, 0.3) is 0 Å². The van der Waals surface area contributed by atoms with Gasteiger partial charge in [0.25, 0.3) is 5.91 Å². The molecule has 9 heteroatoms. The Hall–Kier alpha value is -2.16. The number of ether oxygens (including phenoxy) is 1. The minimum atomic E-state index is -3.56. The number of sulfonamides is 1. The molecular formula is C24H30ClN3O4S. The third-order valence-corrected chi connectivity index (χ3v) is 9.29. The van der Waals surface area contributed by atoms with Crippen LogP contribution in [0.3, 0.4) is 0 Å². The zero-order chi connectivity index (χ0) is 24.0. The Bertz CT molecular complexity index is 1170. The first-order chi connectivity index (χ1) is 15.5. The molecular weight excluding hydrogens is 462 g/mol. The third-order valence-electron chi connectivity index (χ3n) is 6.94.